The van der Waals surface area contributed by atoms with Crippen LogP contribution in [0.5, 0.6) is 0 Å². The molecular formula is C13H22N2O2S. The molecule has 0 aliphatic heterocycles. The number of thiazole rings is 1. The summed E-state index contributed by atoms with van der Waals surface area (Å²) in [5.74, 6) is -0.836. The van der Waals surface area contributed by atoms with Gasteiger partial charge in [-0.25, -0.2) is 4.98 Å². The van der Waals surface area contributed by atoms with Crippen molar-refractivity contribution in [2.75, 3.05) is 18.0 Å². The molecule has 1 N–H and O–H groups in total. The Kier molecular flexibility index (Phi) is 5.14. The van der Waals surface area contributed by atoms with Crippen molar-refractivity contribution in [3.63, 3.8) is 0 Å². The van der Waals surface area contributed by atoms with E-state index in [1.807, 2.05) is 5.38 Å². The van der Waals surface area contributed by atoms with Crippen molar-refractivity contribution in [3.8, 4) is 0 Å². The molecule has 1 aromatic heterocycles. The summed E-state index contributed by atoms with van der Waals surface area (Å²) in [5, 5.41) is 12.0. The topological polar surface area (TPSA) is 53.4 Å². The van der Waals surface area contributed by atoms with E-state index in [-0.39, 0.29) is 0 Å². The Labute approximate surface area is 113 Å². The molecule has 1 aromatic rings. The highest BCUT2D eigenvalue weighted by Gasteiger charge is 2.32. The fourth-order valence-corrected chi connectivity index (χ4v) is 2.70. The van der Waals surface area contributed by atoms with Crippen LogP contribution >= 0.6 is 11.3 Å². The van der Waals surface area contributed by atoms with Crippen LogP contribution in [0.25, 0.3) is 0 Å². The Balaban J connectivity index is 2.93. The van der Waals surface area contributed by atoms with E-state index in [1.165, 1.54) is 11.3 Å². The third kappa shape index (κ3) is 3.22. The van der Waals surface area contributed by atoms with Gasteiger partial charge in [-0.1, -0.05) is 13.8 Å². The zero-order valence-corrected chi connectivity index (χ0v) is 12.4. The molecule has 1 rings (SSSR count). The molecule has 0 spiro atoms. The van der Waals surface area contributed by atoms with Crippen LogP contribution < -0.4 is 4.90 Å². The van der Waals surface area contributed by atoms with Crippen LogP contribution in [0.3, 0.4) is 0 Å². The number of rotatable bonds is 7. The van der Waals surface area contributed by atoms with Gasteiger partial charge in [-0.3, -0.25) is 4.79 Å². The molecular weight excluding hydrogens is 248 g/mol. The third-order valence-corrected chi connectivity index (χ3v) is 3.83. The number of hydrogen-bond acceptors (Lipinski definition) is 4. The van der Waals surface area contributed by atoms with Crippen LogP contribution in [0.1, 0.15) is 46.2 Å². The molecule has 0 fully saturated rings. The van der Waals surface area contributed by atoms with Crippen molar-refractivity contribution in [1.82, 2.24) is 4.98 Å². The number of carboxylic acids is 1. The molecule has 0 amide bonds. The van der Waals surface area contributed by atoms with Crippen molar-refractivity contribution in [1.29, 1.82) is 0 Å². The normalized spacial score (nSPS) is 11.6. The van der Waals surface area contributed by atoms with Gasteiger partial charge in [-0.2, -0.15) is 0 Å². The maximum atomic E-state index is 11.2. The Hall–Kier alpha value is -1.10. The van der Waals surface area contributed by atoms with Crippen LogP contribution in [0, 0.1) is 0 Å². The van der Waals surface area contributed by atoms with E-state index in [2.05, 4.69) is 23.7 Å². The molecule has 0 bridgehead atoms. The first kappa shape index (κ1) is 15.0. The second-order valence-electron chi connectivity index (χ2n) is 4.93. The van der Waals surface area contributed by atoms with E-state index >= 15 is 0 Å². The van der Waals surface area contributed by atoms with E-state index in [0.29, 0.717) is 5.69 Å². The molecule has 0 aliphatic carbocycles. The Morgan fingerprint density at radius 2 is 1.94 bits per heavy atom. The van der Waals surface area contributed by atoms with Gasteiger partial charge in [0.2, 0.25) is 0 Å². The average molecular weight is 270 g/mol. The zero-order chi connectivity index (χ0) is 13.8. The Bertz CT molecular complexity index is 395. The summed E-state index contributed by atoms with van der Waals surface area (Å²) in [4.78, 5) is 17.9. The maximum absolute atomic E-state index is 11.2. The first-order valence-electron chi connectivity index (χ1n) is 6.37. The summed E-state index contributed by atoms with van der Waals surface area (Å²) in [5.41, 5.74) is -0.272. The minimum atomic E-state index is -0.918. The standard InChI is InChI=1S/C13H22N2O2S/c1-5-7-15(8-6-2)12-14-10(9-18-12)13(3,4)11(16)17/h9H,5-8H2,1-4H3,(H,16,17). The summed E-state index contributed by atoms with van der Waals surface area (Å²) in [6.07, 6.45) is 2.13. The molecule has 4 nitrogen and oxygen atoms in total. The average Bonchev–Trinajstić information content (AvgIpc) is 2.78. The number of aromatic nitrogens is 1. The molecule has 0 aromatic carbocycles. The number of anilines is 1. The van der Waals surface area contributed by atoms with Gasteiger partial charge in [0.1, 0.15) is 5.41 Å². The SMILES string of the molecule is CCCN(CCC)c1nc(C(C)(C)C(=O)O)cs1. The van der Waals surface area contributed by atoms with Crippen molar-refractivity contribution in [2.45, 2.75) is 46.0 Å². The Morgan fingerprint density at radius 3 is 2.39 bits per heavy atom. The highest BCUT2D eigenvalue weighted by Crippen LogP contribution is 2.29. The summed E-state index contributed by atoms with van der Waals surface area (Å²) in [6.45, 7) is 9.59. The number of nitrogens with zero attached hydrogens (tertiary/aromatic N) is 2. The van der Waals surface area contributed by atoms with Gasteiger partial charge in [0.25, 0.3) is 0 Å². The lowest BCUT2D eigenvalue weighted by atomic mass is 9.90. The second-order valence-corrected chi connectivity index (χ2v) is 5.77. The summed E-state index contributed by atoms with van der Waals surface area (Å²) < 4.78 is 0. The van der Waals surface area contributed by atoms with Gasteiger partial charge in [0.15, 0.2) is 5.13 Å². The van der Waals surface area contributed by atoms with Crippen LogP contribution in [0.15, 0.2) is 5.38 Å². The van der Waals surface area contributed by atoms with E-state index in [9.17, 15) is 9.90 Å². The van der Waals surface area contributed by atoms with E-state index < -0.39 is 11.4 Å². The monoisotopic (exact) mass is 270 g/mol. The zero-order valence-electron chi connectivity index (χ0n) is 11.6. The first-order valence-corrected chi connectivity index (χ1v) is 7.25. The van der Waals surface area contributed by atoms with E-state index in [1.54, 1.807) is 13.8 Å². The van der Waals surface area contributed by atoms with Gasteiger partial charge < -0.3 is 10.0 Å². The van der Waals surface area contributed by atoms with Crippen molar-refractivity contribution >= 4 is 22.4 Å². The minimum Gasteiger partial charge on any atom is -0.481 e. The second kappa shape index (κ2) is 6.18. The summed E-state index contributed by atoms with van der Waals surface area (Å²) in [6, 6.07) is 0. The van der Waals surface area contributed by atoms with Crippen LogP contribution in [0.2, 0.25) is 0 Å². The highest BCUT2D eigenvalue weighted by atomic mass is 32.1. The van der Waals surface area contributed by atoms with Gasteiger partial charge in [0, 0.05) is 18.5 Å². The smallest absolute Gasteiger partial charge is 0.315 e. The van der Waals surface area contributed by atoms with Crippen LogP contribution in [-0.4, -0.2) is 29.1 Å². The predicted octanol–water partition coefficient (Wildman–Crippen LogP) is 3.13. The van der Waals surface area contributed by atoms with Crippen molar-refractivity contribution in [2.24, 2.45) is 0 Å². The molecule has 0 atom stereocenters. The predicted molar refractivity (Wildman–Crippen MR) is 75.6 cm³/mol. The lowest BCUT2D eigenvalue weighted by Gasteiger charge is -2.21. The molecule has 0 radical (unpaired) electrons. The summed E-state index contributed by atoms with van der Waals surface area (Å²) in [7, 11) is 0. The largest absolute Gasteiger partial charge is 0.481 e. The summed E-state index contributed by atoms with van der Waals surface area (Å²) >= 11 is 1.53. The number of carboxylic acid groups (broad SMARTS) is 1. The number of carbonyl (C=O) groups is 1. The molecule has 0 saturated heterocycles. The van der Waals surface area contributed by atoms with Crippen molar-refractivity contribution < 1.29 is 9.90 Å². The number of aliphatic carboxylic acids is 1. The quantitative estimate of drug-likeness (QED) is 0.827. The first-order chi connectivity index (χ1) is 8.43. The maximum Gasteiger partial charge on any atom is 0.315 e. The van der Waals surface area contributed by atoms with Gasteiger partial charge in [0.05, 0.1) is 5.69 Å². The molecule has 0 unspecified atom stereocenters. The van der Waals surface area contributed by atoms with E-state index in [4.69, 9.17) is 0 Å². The third-order valence-electron chi connectivity index (χ3n) is 2.92. The van der Waals surface area contributed by atoms with Crippen LogP contribution in [0.4, 0.5) is 5.13 Å². The highest BCUT2D eigenvalue weighted by molar-refractivity contribution is 7.13. The van der Waals surface area contributed by atoms with Crippen molar-refractivity contribution in [3.05, 3.63) is 11.1 Å². The molecule has 0 aliphatic rings. The molecule has 1 heterocycles. The lowest BCUT2D eigenvalue weighted by molar-refractivity contribution is -0.142. The van der Waals surface area contributed by atoms with Gasteiger partial charge in [-0.15, -0.1) is 11.3 Å². The fourth-order valence-electron chi connectivity index (χ4n) is 1.65. The molecule has 5 heteroatoms. The molecule has 102 valence electrons. The molecule has 18 heavy (non-hydrogen) atoms. The van der Waals surface area contributed by atoms with Gasteiger partial charge in [-0.05, 0) is 26.7 Å². The van der Waals surface area contributed by atoms with E-state index in [0.717, 1.165) is 31.1 Å². The van der Waals surface area contributed by atoms with Crippen LogP contribution in [-0.2, 0) is 10.2 Å². The lowest BCUT2D eigenvalue weighted by Crippen LogP contribution is -2.29. The molecule has 0 saturated carbocycles. The fraction of sp³-hybridized carbons (Fsp3) is 0.692. The minimum absolute atomic E-state index is 0.646. The Morgan fingerprint density at radius 1 is 1.39 bits per heavy atom. The van der Waals surface area contributed by atoms with Gasteiger partial charge >= 0.3 is 5.97 Å². The number of hydrogen-bond donors (Lipinski definition) is 1.